The zero-order valence-electron chi connectivity index (χ0n) is 20.9. The van der Waals surface area contributed by atoms with Crippen molar-refractivity contribution < 1.29 is 38.4 Å². The first kappa shape index (κ1) is 29.1. The van der Waals surface area contributed by atoms with E-state index < -0.39 is 18.5 Å². The van der Waals surface area contributed by atoms with Crippen molar-refractivity contribution >= 4 is 23.8 Å². The highest BCUT2D eigenvalue weighted by molar-refractivity contribution is 6.07. The topological polar surface area (TPSA) is 108 Å². The van der Waals surface area contributed by atoms with Crippen LogP contribution in [0.3, 0.4) is 0 Å². The van der Waals surface area contributed by atoms with Crippen LogP contribution >= 0.6 is 0 Å². The van der Waals surface area contributed by atoms with Crippen LogP contribution in [0.5, 0.6) is 11.5 Å². The Morgan fingerprint density at radius 3 is 2.38 bits per heavy atom. The molecule has 0 radical (unpaired) electrons. The number of carbonyl (C=O) groups excluding carboxylic acids is 3. The molecule has 2 rings (SSSR count). The molecular weight excluding hydrogens is 476 g/mol. The van der Waals surface area contributed by atoms with Crippen molar-refractivity contribution in [2.45, 2.75) is 19.8 Å². The first-order chi connectivity index (χ1) is 17.9. The molecule has 2 aromatic carbocycles. The number of aliphatic hydroxyl groups is 1. The first-order valence-corrected chi connectivity index (χ1v) is 11.8. The number of carbonyl (C=O) groups is 3. The van der Waals surface area contributed by atoms with Crippen LogP contribution in [0.25, 0.3) is 6.08 Å². The molecule has 0 fully saturated rings. The zero-order valence-corrected chi connectivity index (χ0v) is 20.9. The molecule has 0 atom stereocenters. The number of aryl methyl sites for hydroxylation is 1. The van der Waals surface area contributed by atoms with Gasteiger partial charge in [0.15, 0.2) is 5.78 Å². The summed E-state index contributed by atoms with van der Waals surface area (Å²) in [5, 5.41) is 8.87. The van der Waals surface area contributed by atoms with Crippen molar-refractivity contribution in [3.8, 4) is 11.5 Å². The smallest absolute Gasteiger partial charge is 0.335 e. The van der Waals surface area contributed by atoms with Gasteiger partial charge in [-0.3, -0.25) is 4.79 Å². The van der Waals surface area contributed by atoms with Crippen molar-refractivity contribution in [2.24, 2.45) is 0 Å². The highest BCUT2D eigenvalue weighted by Crippen LogP contribution is 2.22. The molecule has 0 aromatic heterocycles. The van der Waals surface area contributed by atoms with E-state index >= 15 is 0 Å². The summed E-state index contributed by atoms with van der Waals surface area (Å²) in [5.74, 6) is 0.0139. The summed E-state index contributed by atoms with van der Waals surface area (Å²) in [6.45, 7) is 9.05. The van der Waals surface area contributed by atoms with Crippen LogP contribution in [0.2, 0.25) is 0 Å². The summed E-state index contributed by atoms with van der Waals surface area (Å²) in [4.78, 5) is 35.2. The van der Waals surface area contributed by atoms with Gasteiger partial charge in [-0.2, -0.15) is 0 Å². The fraction of sp³-hybridized carbons (Fsp3) is 0.276. The van der Waals surface area contributed by atoms with E-state index in [9.17, 15) is 14.4 Å². The van der Waals surface area contributed by atoms with Gasteiger partial charge in [-0.05, 0) is 54.0 Å². The lowest BCUT2D eigenvalue weighted by Gasteiger charge is -2.12. The third-order valence-corrected chi connectivity index (χ3v) is 5.06. The predicted octanol–water partition coefficient (Wildman–Crippen LogP) is 4.11. The van der Waals surface area contributed by atoms with Crippen molar-refractivity contribution in [2.75, 3.05) is 33.0 Å². The van der Waals surface area contributed by atoms with E-state index in [0.717, 1.165) is 17.2 Å². The predicted molar refractivity (Wildman–Crippen MR) is 140 cm³/mol. The number of esters is 2. The molecule has 0 saturated heterocycles. The Labute approximate surface area is 216 Å². The van der Waals surface area contributed by atoms with Crippen LogP contribution in [0, 0.1) is 0 Å². The lowest BCUT2D eigenvalue weighted by molar-refractivity contribution is -0.140. The molecule has 1 N–H and O–H groups in total. The SMILES string of the molecule is C=CC(=O)OCCCOc1ccc(/C=C/C(=O)c2ccc(OCCOC(=O)C(=C)CO)c(CC)c2)cc1. The fourth-order valence-electron chi connectivity index (χ4n) is 3.03. The number of allylic oxidation sites excluding steroid dienone is 1. The molecular formula is C29H32O8. The lowest BCUT2D eigenvalue weighted by atomic mass is 10.0. The normalized spacial score (nSPS) is 10.5. The molecule has 8 heteroatoms. The van der Waals surface area contributed by atoms with Gasteiger partial charge in [0.2, 0.25) is 0 Å². The minimum absolute atomic E-state index is 0.0133. The summed E-state index contributed by atoms with van der Waals surface area (Å²) in [5.41, 5.74) is 2.21. The molecule has 0 heterocycles. The molecule has 0 spiro atoms. The van der Waals surface area contributed by atoms with Gasteiger partial charge in [0.1, 0.15) is 24.7 Å². The Morgan fingerprint density at radius 1 is 0.946 bits per heavy atom. The second-order valence-electron chi connectivity index (χ2n) is 7.76. The monoisotopic (exact) mass is 508 g/mol. The van der Waals surface area contributed by atoms with Crippen molar-refractivity contribution in [1.29, 1.82) is 0 Å². The molecule has 0 aliphatic rings. The molecule has 8 nitrogen and oxygen atoms in total. The zero-order chi connectivity index (χ0) is 27.0. The van der Waals surface area contributed by atoms with Gasteiger partial charge in [-0.25, -0.2) is 9.59 Å². The van der Waals surface area contributed by atoms with Crippen molar-refractivity contribution in [3.05, 3.63) is 90.0 Å². The van der Waals surface area contributed by atoms with Crippen LogP contribution < -0.4 is 9.47 Å². The maximum Gasteiger partial charge on any atom is 0.335 e. The van der Waals surface area contributed by atoms with Crippen LogP contribution in [0.15, 0.2) is 73.3 Å². The summed E-state index contributed by atoms with van der Waals surface area (Å²) in [7, 11) is 0. The average molecular weight is 509 g/mol. The Morgan fingerprint density at radius 2 is 1.70 bits per heavy atom. The molecule has 37 heavy (non-hydrogen) atoms. The van der Waals surface area contributed by atoms with Crippen LogP contribution in [-0.2, 0) is 25.5 Å². The molecule has 0 amide bonds. The number of rotatable bonds is 16. The van der Waals surface area contributed by atoms with Crippen LogP contribution in [0.4, 0.5) is 0 Å². The number of hydrogen-bond donors (Lipinski definition) is 1. The molecule has 0 bridgehead atoms. The van der Waals surface area contributed by atoms with Gasteiger partial charge in [0.05, 0.1) is 25.4 Å². The Hall–Kier alpha value is -4.17. The Balaban J connectivity index is 1.85. The van der Waals surface area contributed by atoms with E-state index in [1.165, 1.54) is 6.08 Å². The maximum absolute atomic E-state index is 12.7. The minimum atomic E-state index is -0.666. The molecule has 0 unspecified atom stereocenters. The second-order valence-corrected chi connectivity index (χ2v) is 7.76. The van der Waals surface area contributed by atoms with E-state index in [0.29, 0.717) is 36.5 Å². The van der Waals surface area contributed by atoms with E-state index in [1.54, 1.807) is 36.4 Å². The third-order valence-electron chi connectivity index (χ3n) is 5.06. The standard InChI is InChI=1S/C29H32O8/c1-4-23-19-24(10-14-27(23)35-17-18-37-29(33)21(3)20-30)26(31)13-9-22-7-11-25(12-8-22)34-15-6-16-36-28(32)5-2/h5,7-14,19,30H,2-4,6,15-18,20H2,1H3/b13-9+. The van der Waals surface area contributed by atoms with E-state index in [1.807, 2.05) is 19.1 Å². The van der Waals surface area contributed by atoms with Crippen molar-refractivity contribution in [3.63, 3.8) is 0 Å². The summed E-state index contributed by atoms with van der Waals surface area (Å²) in [6, 6.07) is 12.5. The summed E-state index contributed by atoms with van der Waals surface area (Å²) < 4.78 is 21.1. The molecule has 0 saturated carbocycles. The van der Waals surface area contributed by atoms with Crippen LogP contribution in [-0.4, -0.2) is 55.9 Å². The highest BCUT2D eigenvalue weighted by Gasteiger charge is 2.10. The number of ether oxygens (including phenoxy) is 4. The quantitative estimate of drug-likeness (QED) is 0.156. The lowest BCUT2D eigenvalue weighted by Crippen LogP contribution is -2.15. The van der Waals surface area contributed by atoms with E-state index in [2.05, 4.69) is 13.2 Å². The third kappa shape index (κ3) is 10.1. The van der Waals surface area contributed by atoms with Gasteiger partial charge in [0, 0.05) is 18.1 Å². The van der Waals surface area contributed by atoms with Gasteiger partial charge in [-0.1, -0.05) is 38.3 Å². The molecule has 2 aromatic rings. The van der Waals surface area contributed by atoms with Crippen LogP contribution in [0.1, 0.15) is 34.8 Å². The molecule has 0 aliphatic carbocycles. The second kappa shape index (κ2) is 15.7. The van der Waals surface area contributed by atoms with E-state index in [-0.39, 0.29) is 31.2 Å². The Bertz CT molecular complexity index is 1120. The fourth-order valence-corrected chi connectivity index (χ4v) is 3.03. The minimum Gasteiger partial charge on any atom is -0.493 e. The Kier molecular flexibility index (Phi) is 12.4. The number of benzene rings is 2. The maximum atomic E-state index is 12.7. The van der Waals surface area contributed by atoms with Gasteiger partial charge in [0.25, 0.3) is 0 Å². The summed E-state index contributed by atoms with van der Waals surface area (Å²) >= 11 is 0. The molecule has 196 valence electrons. The number of aliphatic hydroxyl groups excluding tert-OH is 1. The van der Waals surface area contributed by atoms with E-state index in [4.69, 9.17) is 24.1 Å². The summed E-state index contributed by atoms with van der Waals surface area (Å²) in [6.07, 6.45) is 5.57. The largest absolute Gasteiger partial charge is 0.493 e. The van der Waals surface area contributed by atoms with Gasteiger partial charge >= 0.3 is 11.9 Å². The average Bonchev–Trinajstić information content (AvgIpc) is 2.93. The number of ketones is 1. The van der Waals surface area contributed by atoms with Gasteiger partial charge in [-0.15, -0.1) is 0 Å². The number of hydrogen-bond acceptors (Lipinski definition) is 8. The first-order valence-electron chi connectivity index (χ1n) is 11.8. The van der Waals surface area contributed by atoms with Gasteiger partial charge < -0.3 is 24.1 Å². The molecule has 0 aliphatic heterocycles. The van der Waals surface area contributed by atoms with Crippen molar-refractivity contribution in [1.82, 2.24) is 0 Å². The highest BCUT2D eigenvalue weighted by atomic mass is 16.6.